The molecule has 2 N–H and O–H groups in total. The van der Waals surface area contributed by atoms with Gasteiger partial charge in [-0.3, -0.25) is 9.59 Å². The summed E-state index contributed by atoms with van der Waals surface area (Å²) in [5, 5.41) is 14.8. The summed E-state index contributed by atoms with van der Waals surface area (Å²) in [7, 11) is 0. The predicted molar refractivity (Wildman–Crippen MR) is 143 cm³/mol. The largest absolute Gasteiger partial charge is 0.507 e. The highest BCUT2D eigenvalue weighted by atomic mass is 35.5. The Labute approximate surface area is 216 Å². The van der Waals surface area contributed by atoms with E-state index in [1.54, 1.807) is 24.3 Å². The Morgan fingerprint density at radius 1 is 1.00 bits per heavy atom. The summed E-state index contributed by atoms with van der Waals surface area (Å²) in [5.41, 5.74) is 5.07. The van der Waals surface area contributed by atoms with Crippen LogP contribution in [0.25, 0.3) is 5.70 Å². The lowest BCUT2D eigenvalue weighted by Gasteiger charge is -2.40. The van der Waals surface area contributed by atoms with E-state index in [0.29, 0.717) is 34.7 Å². The van der Waals surface area contributed by atoms with Crippen molar-refractivity contribution in [2.75, 3.05) is 0 Å². The molecule has 0 aromatic heterocycles. The zero-order valence-corrected chi connectivity index (χ0v) is 21.3. The minimum atomic E-state index is -0.592. The van der Waals surface area contributed by atoms with Gasteiger partial charge in [-0.2, -0.15) is 0 Å². The third-order valence-electron chi connectivity index (χ3n) is 6.95. The van der Waals surface area contributed by atoms with Crippen LogP contribution in [0.3, 0.4) is 0 Å². The number of nitrogens with one attached hydrogen (secondary N) is 1. The lowest BCUT2D eigenvalue weighted by molar-refractivity contribution is -0.118. The van der Waals surface area contributed by atoms with Gasteiger partial charge in [-0.05, 0) is 59.7 Å². The molecule has 182 valence electrons. The molecule has 2 aliphatic rings. The molecular weight excluding hydrogens is 470 g/mol. The van der Waals surface area contributed by atoms with E-state index in [9.17, 15) is 14.7 Å². The molecule has 5 heteroatoms. The fraction of sp³-hybridized carbons (Fsp3) is 0.226. The van der Waals surface area contributed by atoms with Gasteiger partial charge in [-0.15, -0.1) is 0 Å². The maximum absolute atomic E-state index is 14.3. The lowest BCUT2D eigenvalue weighted by Crippen LogP contribution is -2.38. The van der Waals surface area contributed by atoms with Crippen molar-refractivity contribution in [1.29, 1.82) is 0 Å². The highest BCUT2D eigenvalue weighted by molar-refractivity contribution is 6.30. The summed E-state index contributed by atoms with van der Waals surface area (Å²) in [5.74, 6) is -0.960. The van der Waals surface area contributed by atoms with Gasteiger partial charge in [0.1, 0.15) is 5.75 Å². The van der Waals surface area contributed by atoms with Crippen LogP contribution in [0.4, 0.5) is 0 Å². The number of hydrogen-bond acceptors (Lipinski definition) is 4. The van der Waals surface area contributed by atoms with Crippen molar-refractivity contribution in [2.24, 2.45) is 5.41 Å². The highest BCUT2D eigenvalue weighted by Gasteiger charge is 2.44. The van der Waals surface area contributed by atoms with Crippen LogP contribution in [0.15, 0.2) is 89.6 Å². The van der Waals surface area contributed by atoms with Crippen molar-refractivity contribution in [1.82, 2.24) is 5.32 Å². The van der Waals surface area contributed by atoms with E-state index in [4.69, 9.17) is 11.6 Å². The predicted octanol–water partition coefficient (Wildman–Crippen LogP) is 6.98. The maximum atomic E-state index is 14.3. The third-order valence-corrected chi connectivity index (χ3v) is 7.20. The lowest BCUT2D eigenvalue weighted by atomic mass is 9.67. The monoisotopic (exact) mass is 497 g/mol. The van der Waals surface area contributed by atoms with Crippen molar-refractivity contribution in [3.05, 3.63) is 117 Å². The van der Waals surface area contributed by atoms with Crippen molar-refractivity contribution < 1.29 is 14.7 Å². The summed E-state index contributed by atoms with van der Waals surface area (Å²) in [6.07, 6.45) is 1.08. The van der Waals surface area contributed by atoms with Crippen molar-refractivity contribution in [3.63, 3.8) is 0 Å². The van der Waals surface area contributed by atoms with Gasteiger partial charge in [0.05, 0.1) is 11.3 Å². The zero-order valence-electron chi connectivity index (χ0n) is 20.6. The van der Waals surface area contributed by atoms with E-state index in [-0.39, 0.29) is 28.3 Å². The van der Waals surface area contributed by atoms with Gasteiger partial charge < -0.3 is 10.4 Å². The molecule has 0 spiro atoms. The molecule has 4 nitrogen and oxygen atoms in total. The van der Waals surface area contributed by atoms with Gasteiger partial charge in [0, 0.05) is 34.2 Å². The minimum absolute atomic E-state index is 0.0271. The van der Waals surface area contributed by atoms with Gasteiger partial charge in [-0.1, -0.05) is 74.0 Å². The highest BCUT2D eigenvalue weighted by Crippen LogP contribution is 2.49. The maximum Gasteiger partial charge on any atom is 0.195 e. The number of carbonyl (C=O) groups is 2. The van der Waals surface area contributed by atoms with E-state index < -0.39 is 5.92 Å². The summed E-state index contributed by atoms with van der Waals surface area (Å²) in [4.78, 5) is 27.9. The number of aryl methyl sites for hydroxylation is 1. The van der Waals surface area contributed by atoms with Crippen LogP contribution < -0.4 is 5.32 Å². The normalized spacial score (nSPS) is 19.1. The molecule has 0 fully saturated rings. The van der Waals surface area contributed by atoms with Crippen molar-refractivity contribution in [2.45, 2.75) is 39.5 Å². The summed E-state index contributed by atoms with van der Waals surface area (Å²) in [6.45, 7) is 6.04. The first-order valence-corrected chi connectivity index (χ1v) is 12.4. The van der Waals surface area contributed by atoms with Crippen LogP contribution >= 0.6 is 11.6 Å². The number of phenolic OH excluding ortho intramolecular Hbond substituents is 1. The molecule has 36 heavy (non-hydrogen) atoms. The molecule has 0 saturated heterocycles. The molecule has 3 aromatic carbocycles. The third kappa shape index (κ3) is 4.38. The van der Waals surface area contributed by atoms with Crippen molar-refractivity contribution >= 4 is 28.9 Å². The first-order valence-electron chi connectivity index (χ1n) is 12.1. The average Bonchev–Trinajstić information content (AvgIpc) is 2.83. The number of hydrogen-bond donors (Lipinski definition) is 2. The Bertz CT molecular complexity index is 1430. The number of allylic oxidation sites excluding steroid dienone is 3. The number of aromatic hydroxyl groups is 1. The summed E-state index contributed by atoms with van der Waals surface area (Å²) >= 11 is 6.21. The van der Waals surface area contributed by atoms with E-state index >= 15 is 0 Å². The average molecular weight is 498 g/mol. The van der Waals surface area contributed by atoms with Crippen LogP contribution in [0.2, 0.25) is 5.02 Å². The number of benzene rings is 3. The van der Waals surface area contributed by atoms with Gasteiger partial charge >= 0.3 is 0 Å². The molecule has 1 atom stereocenters. The van der Waals surface area contributed by atoms with E-state index in [1.165, 1.54) is 0 Å². The van der Waals surface area contributed by atoms with Gasteiger partial charge in [0.15, 0.2) is 11.6 Å². The van der Waals surface area contributed by atoms with Gasteiger partial charge in [0.25, 0.3) is 0 Å². The van der Waals surface area contributed by atoms with Gasteiger partial charge in [-0.25, -0.2) is 0 Å². The number of ketones is 2. The number of carbonyl (C=O) groups excluding carboxylic acids is 2. The molecule has 0 bridgehead atoms. The standard InChI is InChI=1S/C31H28ClNO3/c1-18-9-14-22(24(34)15-18)30(36)28-26(19-10-12-21(32)13-11-19)27-23(16-31(2,3)17-25(27)35)33-29(28)20-7-5-4-6-8-20/h4-15,26,33-34H,16-17H2,1-3H3. The van der Waals surface area contributed by atoms with Crippen LogP contribution in [-0.2, 0) is 4.79 Å². The molecule has 1 heterocycles. The second kappa shape index (κ2) is 9.11. The molecule has 0 radical (unpaired) electrons. The number of phenols is 1. The summed E-state index contributed by atoms with van der Waals surface area (Å²) < 4.78 is 0. The Hall–Kier alpha value is -3.63. The Kier molecular flexibility index (Phi) is 6.09. The minimum Gasteiger partial charge on any atom is -0.507 e. The second-order valence-electron chi connectivity index (χ2n) is 10.4. The molecule has 0 amide bonds. The van der Waals surface area contributed by atoms with E-state index in [1.807, 2.05) is 55.5 Å². The second-order valence-corrected chi connectivity index (χ2v) is 10.9. The first-order chi connectivity index (χ1) is 17.1. The fourth-order valence-corrected chi connectivity index (χ4v) is 5.46. The van der Waals surface area contributed by atoms with E-state index in [0.717, 1.165) is 22.4 Å². The SMILES string of the molecule is Cc1ccc(C(=O)C2=C(c3ccccc3)NC3=C(C(=O)CC(C)(C)C3)C2c2ccc(Cl)cc2)c(O)c1. The molecule has 5 rings (SSSR count). The first kappa shape index (κ1) is 24.1. The molecule has 1 aliphatic heterocycles. The smallest absolute Gasteiger partial charge is 0.195 e. The summed E-state index contributed by atoms with van der Waals surface area (Å²) in [6, 6.07) is 22.0. The quantitative estimate of drug-likeness (QED) is 0.382. The topological polar surface area (TPSA) is 66.4 Å². The van der Waals surface area contributed by atoms with Crippen LogP contribution in [0.1, 0.15) is 59.7 Å². The van der Waals surface area contributed by atoms with Gasteiger partial charge in [0.2, 0.25) is 0 Å². The van der Waals surface area contributed by atoms with E-state index in [2.05, 4.69) is 19.2 Å². The number of Topliss-reactive ketones (excluding diaryl/α,β-unsaturated/α-hetero) is 2. The number of dihydropyridines is 1. The fourth-order valence-electron chi connectivity index (χ4n) is 5.33. The molecular formula is C31H28ClNO3. The molecule has 0 saturated carbocycles. The Balaban J connectivity index is 1.80. The zero-order chi connectivity index (χ0) is 25.6. The number of halogens is 1. The molecule has 1 unspecified atom stereocenters. The molecule has 1 aliphatic carbocycles. The van der Waals surface area contributed by atoms with Crippen LogP contribution in [-0.4, -0.2) is 16.7 Å². The number of rotatable bonds is 4. The van der Waals surface area contributed by atoms with Crippen LogP contribution in [0, 0.1) is 12.3 Å². The Morgan fingerprint density at radius 2 is 1.69 bits per heavy atom. The van der Waals surface area contributed by atoms with Crippen LogP contribution in [0.5, 0.6) is 5.75 Å². The van der Waals surface area contributed by atoms with Crippen molar-refractivity contribution in [3.8, 4) is 5.75 Å². The Morgan fingerprint density at radius 3 is 2.36 bits per heavy atom. The molecule has 3 aromatic rings.